The molecule has 1 unspecified atom stereocenters. The Labute approximate surface area is 110 Å². The van der Waals surface area contributed by atoms with Gasteiger partial charge in [-0.2, -0.15) is 0 Å². The summed E-state index contributed by atoms with van der Waals surface area (Å²) in [5.74, 6) is 0.647. The predicted octanol–water partition coefficient (Wildman–Crippen LogP) is 4.52. The van der Waals surface area contributed by atoms with Crippen LogP contribution in [0.25, 0.3) is 0 Å². The first-order valence-electron chi connectivity index (χ1n) is 6.68. The molecule has 1 nitrogen and oxygen atoms in total. The van der Waals surface area contributed by atoms with Gasteiger partial charge in [0.05, 0.1) is 0 Å². The second-order valence-corrected chi connectivity index (χ2v) is 5.77. The van der Waals surface area contributed by atoms with Gasteiger partial charge in [-0.05, 0) is 49.5 Å². The Morgan fingerprint density at radius 1 is 1.00 bits per heavy atom. The monoisotopic (exact) mass is 251 g/mol. The second-order valence-electron chi connectivity index (χ2n) is 5.34. The minimum atomic E-state index is 0.549. The van der Waals surface area contributed by atoms with Gasteiger partial charge in [0.2, 0.25) is 0 Å². The van der Waals surface area contributed by atoms with Crippen LogP contribution in [-0.2, 0) is 0 Å². The first kappa shape index (κ1) is 12.9. The quantitative estimate of drug-likeness (QED) is 0.763. The summed E-state index contributed by atoms with van der Waals surface area (Å²) in [6.07, 6.45) is 4.08. The maximum Gasteiger partial charge on any atom is 0.0406 e. The Kier molecular flexibility index (Phi) is 4.47. The molecule has 1 aliphatic heterocycles. The van der Waals surface area contributed by atoms with Gasteiger partial charge >= 0.3 is 0 Å². The largest absolute Gasteiger partial charge is 0.296 e. The van der Waals surface area contributed by atoms with Crippen molar-refractivity contribution >= 4 is 11.6 Å². The zero-order valence-electron chi connectivity index (χ0n) is 10.8. The lowest BCUT2D eigenvalue weighted by atomic mass is 9.92. The van der Waals surface area contributed by atoms with Gasteiger partial charge in [0.15, 0.2) is 0 Å². The van der Waals surface area contributed by atoms with Gasteiger partial charge in [-0.1, -0.05) is 44.0 Å². The molecule has 17 heavy (non-hydrogen) atoms. The normalized spacial score (nSPS) is 19.5. The lowest BCUT2D eigenvalue weighted by Crippen LogP contribution is -2.36. The van der Waals surface area contributed by atoms with Crippen molar-refractivity contribution in [1.29, 1.82) is 0 Å². The minimum Gasteiger partial charge on any atom is -0.296 e. The number of nitrogens with zero attached hydrogens (tertiary/aromatic N) is 1. The number of hydrogen-bond acceptors (Lipinski definition) is 1. The molecule has 2 rings (SSSR count). The van der Waals surface area contributed by atoms with E-state index in [0.29, 0.717) is 12.0 Å². The molecule has 94 valence electrons. The van der Waals surface area contributed by atoms with Crippen LogP contribution in [0.3, 0.4) is 0 Å². The molecule has 0 aliphatic carbocycles. The summed E-state index contributed by atoms with van der Waals surface area (Å²) < 4.78 is 0. The average molecular weight is 252 g/mol. The summed E-state index contributed by atoms with van der Waals surface area (Å²) in [5.41, 5.74) is 1.41. The number of piperidine rings is 1. The summed E-state index contributed by atoms with van der Waals surface area (Å²) in [4.78, 5) is 2.64. The van der Waals surface area contributed by atoms with Crippen LogP contribution in [0.2, 0.25) is 5.02 Å². The summed E-state index contributed by atoms with van der Waals surface area (Å²) in [6.45, 7) is 7.11. The fraction of sp³-hybridized carbons (Fsp3) is 0.600. The van der Waals surface area contributed by atoms with Gasteiger partial charge in [-0.25, -0.2) is 0 Å². The summed E-state index contributed by atoms with van der Waals surface area (Å²) in [6, 6.07) is 8.93. The van der Waals surface area contributed by atoms with E-state index in [0.717, 1.165) is 5.02 Å². The van der Waals surface area contributed by atoms with Crippen molar-refractivity contribution in [3.05, 3.63) is 34.9 Å². The molecule has 2 heteroatoms. The highest BCUT2D eigenvalue weighted by atomic mass is 35.5. The fourth-order valence-corrected chi connectivity index (χ4v) is 3.00. The molecule has 1 aliphatic rings. The first-order chi connectivity index (χ1) is 8.18. The van der Waals surface area contributed by atoms with E-state index in [4.69, 9.17) is 11.6 Å². The predicted molar refractivity (Wildman–Crippen MR) is 74.5 cm³/mol. The van der Waals surface area contributed by atoms with E-state index in [-0.39, 0.29) is 0 Å². The van der Waals surface area contributed by atoms with E-state index in [1.54, 1.807) is 0 Å². The molecule has 1 aromatic carbocycles. The molecule has 0 aromatic heterocycles. The highest BCUT2D eigenvalue weighted by molar-refractivity contribution is 6.30. The van der Waals surface area contributed by atoms with Crippen LogP contribution in [0.1, 0.15) is 44.7 Å². The summed E-state index contributed by atoms with van der Waals surface area (Å²) in [7, 11) is 0. The Hall–Kier alpha value is -0.530. The van der Waals surface area contributed by atoms with Gasteiger partial charge in [0.25, 0.3) is 0 Å². The highest BCUT2D eigenvalue weighted by Crippen LogP contribution is 2.31. The highest BCUT2D eigenvalue weighted by Gasteiger charge is 2.24. The van der Waals surface area contributed by atoms with Gasteiger partial charge in [-0.15, -0.1) is 0 Å². The van der Waals surface area contributed by atoms with Crippen LogP contribution in [0.4, 0.5) is 0 Å². The molecule has 1 saturated heterocycles. The Morgan fingerprint density at radius 2 is 1.59 bits per heavy atom. The van der Waals surface area contributed by atoms with Gasteiger partial charge in [-0.3, -0.25) is 4.90 Å². The lowest BCUT2D eigenvalue weighted by Gasteiger charge is -2.37. The van der Waals surface area contributed by atoms with Crippen molar-refractivity contribution in [3.63, 3.8) is 0 Å². The van der Waals surface area contributed by atoms with E-state index in [1.165, 1.54) is 37.9 Å². The molecule has 1 heterocycles. The van der Waals surface area contributed by atoms with E-state index in [9.17, 15) is 0 Å². The molecule has 1 fully saturated rings. The van der Waals surface area contributed by atoms with Crippen molar-refractivity contribution in [1.82, 2.24) is 4.90 Å². The maximum atomic E-state index is 5.97. The number of likely N-dealkylation sites (tertiary alicyclic amines) is 1. The molecule has 0 bridgehead atoms. The Balaban J connectivity index is 2.18. The van der Waals surface area contributed by atoms with Gasteiger partial charge in [0.1, 0.15) is 0 Å². The third kappa shape index (κ3) is 3.23. The lowest BCUT2D eigenvalue weighted by molar-refractivity contribution is 0.128. The number of rotatable bonds is 3. The molecule has 0 saturated carbocycles. The van der Waals surface area contributed by atoms with Gasteiger partial charge in [0, 0.05) is 11.1 Å². The average Bonchev–Trinajstić information content (AvgIpc) is 2.33. The fourth-order valence-electron chi connectivity index (χ4n) is 2.87. The third-order valence-corrected chi connectivity index (χ3v) is 3.88. The molecule has 0 spiro atoms. The maximum absolute atomic E-state index is 5.97. The van der Waals surface area contributed by atoms with Crippen LogP contribution < -0.4 is 0 Å². The van der Waals surface area contributed by atoms with Crippen molar-refractivity contribution in [3.8, 4) is 0 Å². The summed E-state index contributed by atoms with van der Waals surface area (Å²) >= 11 is 5.97. The van der Waals surface area contributed by atoms with E-state index < -0.39 is 0 Å². The summed E-state index contributed by atoms with van der Waals surface area (Å²) in [5, 5.41) is 0.829. The van der Waals surface area contributed by atoms with Gasteiger partial charge < -0.3 is 0 Å². The third-order valence-electron chi connectivity index (χ3n) is 3.63. The SMILES string of the molecule is CC(C)C(c1ccc(Cl)cc1)N1CCCCC1. The molecule has 0 radical (unpaired) electrons. The van der Waals surface area contributed by atoms with E-state index in [2.05, 4.69) is 30.9 Å². The van der Waals surface area contributed by atoms with Crippen LogP contribution in [0, 0.1) is 5.92 Å². The standard InChI is InChI=1S/C15H22ClN/c1-12(2)15(17-10-4-3-5-11-17)13-6-8-14(16)9-7-13/h6-9,12,15H,3-5,10-11H2,1-2H3. The molecule has 1 aromatic rings. The van der Waals surface area contributed by atoms with E-state index >= 15 is 0 Å². The zero-order valence-corrected chi connectivity index (χ0v) is 11.6. The molecule has 1 atom stereocenters. The number of hydrogen-bond donors (Lipinski definition) is 0. The molecule has 0 N–H and O–H groups in total. The van der Waals surface area contributed by atoms with Crippen LogP contribution in [0.15, 0.2) is 24.3 Å². The topological polar surface area (TPSA) is 3.24 Å². The van der Waals surface area contributed by atoms with Crippen molar-refractivity contribution in [2.75, 3.05) is 13.1 Å². The molecular formula is C15H22ClN. The van der Waals surface area contributed by atoms with Crippen molar-refractivity contribution < 1.29 is 0 Å². The Bertz CT molecular complexity index is 338. The zero-order chi connectivity index (χ0) is 12.3. The Morgan fingerprint density at radius 3 is 2.12 bits per heavy atom. The van der Waals surface area contributed by atoms with E-state index in [1.807, 2.05) is 12.1 Å². The first-order valence-corrected chi connectivity index (χ1v) is 7.06. The number of benzene rings is 1. The minimum absolute atomic E-state index is 0.549. The molecular weight excluding hydrogens is 230 g/mol. The van der Waals surface area contributed by atoms with Crippen LogP contribution in [-0.4, -0.2) is 18.0 Å². The number of halogens is 1. The smallest absolute Gasteiger partial charge is 0.0406 e. The van der Waals surface area contributed by atoms with Crippen LogP contribution >= 0.6 is 11.6 Å². The van der Waals surface area contributed by atoms with Crippen molar-refractivity contribution in [2.45, 2.75) is 39.2 Å². The van der Waals surface area contributed by atoms with Crippen LogP contribution in [0.5, 0.6) is 0 Å². The van der Waals surface area contributed by atoms with Crippen molar-refractivity contribution in [2.24, 2.45) is 5.92 Å². The second kappa shape index (κ2) is 5.88. The molecule has 0 amide bonds.